The van der Waals surface area contributed by atoms with Crippen molar-refractivity contribution in [3.8, 4) is 0 Å². The highest BCUT2D eigenvalue weighted by Gasteiger charge is 2.30. The molecule has 1 aliphatic heterocycles. The zero-order chi connectivity index (χ0) is 25.8. The number of rotatable bonds is 16. The van der Waals surface area contributed by atoms with Crippen LogP contribution >= 0.6 is 0 Å². The summed E-state index contributed by atoms with van der Waals surface area (Å²) in [6.07, 6.45) is -0.431. The summed E-state index contributed by atoms with van der Waals surface area (Å²) in [6, 6.07) is -1.53. The molecule has 1 rings (SSSR count). The third-order valence-electron chi connectivity index (χ3n) is 5.58. The Morgan fingerprint density at radius 1 is 1.09 bits per heavy atom. The molecule has 0 aliphatic carbocycles. The molecular formula is C23H38N4O7. The number of nitrogens with two attached hydrogens (primary N) is 1. The smallest absolute Gasteiger partial charge is 0.223 e. The van der Waals surface area contributed by atoms with Gasteiger partial charge in [-0.05, 0) is 32.1 Å². The maximum atomic E-state index is 13.0. The molecule has 3 amide bonds. The zero-order valence-corrected chi connectivity index (χ0v) is 20.2. The fourth-order valence-electron chi connectivity index (χ4n) is 3.83. The first-order chi connectivity index (χ1) is 15.9. The van der Waals surface area contributed by atoms with Crippen LogP contribution in [0.2, 0.25) is 0 Å². The quantitative estimate of drug-likeness (QED) is 0.188. The van der Waals surface area contributed by atoms with E-state index in [1.165, 1.54) is 6.92 Å². The summed E-state index contributed by atoms with van der Waals surface area (Å²) >= 11 is 0. The Hall–Kier alpha value is -2.66. The number of amides is 3. The van der Waals surface area contributed by atoms with Gasteiger partial charge in [0.25, 0.3) is 0 Å². The number of Topliss-reactive ketones (excluding diaryl/α,β-unsaturated/α-hetero) is 3. The van der Waals surface area contributed by atoms with Gasteiger partial charge in [0.2, 0.25) is 17.7 Å². The van der Waals surface area contributed by atoms with Gasteiger partial charge in [-0.1, -0.05) is 13.8 Å². The third-order valence-corrected chi connectivity index (χ3v) is 5.58. The highest BCUT2D eigenvalue weighted by Crippen LogP contribution is 2.18. The molecule has 11 heteroatoms. The Morgan fingerprint density at radius 2 is 1.76 bits per heavy atom. The largest absolute Gasteiger partial charge is 0.392 e. The summed E-state index contributed by atoms with van der Waals surface area (Å²) in [5.74, 6) is -3.02. The van der Waals surface area contributed by atoms with E-state index in [-0.39, 0.29) is 56.1 Å². The summed E-state index contributed by atoms with van der Waals surface area (Å²) in [5, 5.41) is 17.5. The molecule has 1 aliphatic rings. The minimum Gasteiger partial charge on any atom is -0.392 e. The molecule has 6 N–H and O–H groups in total. The van der Waals surface area contributed by atoms with E-state index in [1.54, 1.807) is 0 Å². The zero-order valence-electron chi connectivity index (χ0n) is 20.2. The number of hydrogen-bond acceptors (Lipinski definition) is 8. The summed E-state index contributed by atoms with van der Waals surface area (Å²) < 4.78 is 0. The lowest BCUT2D eigenvalue weighted by Crippen LogP contribution is -2.44. The van der Waals surface area contributed by atoms with Gasteiger partial charge in [0.1, 0.15) is 11.6 Å². The maximum Gasteiger partial charge on any atom is 0.223 e. The number of carbonyl (C=O) groups is 6. The topological polar surface area (TPSA) is 185 Å². The number of carbonyl (C=O) groups excluding carboxylic acids is 6. The average Bonchev–Trinajstić information content (AvgIpc) is 3.18. The van der Waals surface area contributed by atoms with Gasteiger partial charge in [-0.25, -0.2) is 0 Å². The van der Waals surface area contributed by atoms with Crippen LogP contribution in [0.1, 0.15) is 65.7 Å². The Bertz CT molecular complexity index is 768. The molecule has 192 valence electrons. The number of β-amino-alcohol motifs (C(OH)–C–C–N with tert-alkyl or cyclic N) is 1. The molecule has 1 saturated heterocycles. The Kier molecular flexibility index (Phi) is 12.6. The summed E-state index contributed by atoms with van der Waals surface area (Å²) in [4.78, 5) is 72.6. The highest BCUT2D eigenvalue weighted by molar-refractivity contribution is 5.94. The SMILES string of the molecule is CC(=O)CNC(=O)[C@@H](CC(=O)[C@@H](CCC(N)=O)NC(=O)CCC(=O)[C@@H]1C[C@@H](O)CN1)CC(C)C. The second kappa shape index (κ2) is 14.6. The fourth-order valence-corrected chi connectivity index (χ4v) is 3.83. The lowest BCUT2D eigenvalue weighted by atomic mass is 9.88. The van der Waals surface area contributed by atoms with E-state index < -0.39 is 47.6 Å². The summed E-state index contributed by atoms with van der Waals surface area (Å²) in [6.45, 7) is 5.33. The number of aliphatic hydroxyl groups is 1. The van der Waals surface area contributed by atoms with Crippen molar-refractivity contribution in [2.24, 2.45) is 17.6 Å². The van der Waals surface area contributed by atoms with Gasteiger partial charge in [0.05, 0.1) is 24.7 Å². The number of hydrogen-bond donors (Lipinski definition) is 5. The van der Waals surface area contributed by atoms with Crippen LogP contribution < -0.4 is 21.7 Å². The van der Waals surface area contributed by atoms with Crippen molar-refractivity contribution >= 4 is 35.1 Å². The van der Waals surface area contributed by atoms with Gasteiger partial charge in [-0.2, -0.15) is 0 Å². The molecule has 0 bridgehead atoms. The minimum absolute atomic E-state index is 0.0201. The van der Waals surface area contributed by atoms with Gasteiger partial charge in [0, 0.05) is 38.1 Å². The first kappa shape index (κ1) is 29.4. The number of nitrogens with one attached hydrogen (secondary N) is 3. The van der Waals surface area contributed by atoms with Crippen molar-refractivity contribution in [1.29, 1.82) is 0 Å². The second-order valence-electron chi connectivity index (χ2n) is 9.36. The van der Waals surface area contributed by atoms with Crippen LogP contribution in [0.4, 0.5) is 0 Å². The van der Waals surface area contributed by atoms with Crippen LogP contribution in [0.3, 0.4) is 0 Å². The van der Waals surface area contributed by atoms with Gasteiger partial charge in [-0.3, -0.25) is 28.8 Å². The van der Waals surface area contributed by atoms with Crippen LogP contribution in [-0.2, 0) is 28.8 Å². The monoisotopic (exact) mass is 482 g/mol. The molecule has 34 heavy (non-hydrogen) atoms. The Morgan fingerprint density at radius 3 is 2.29 bits per heavy atom. The van der Waals surface area contributed by atoms with E-state index in [2.05, 4.69) is 16.0 Å². The number of primary amides is 1. The molecule has 11 nitrogen and oxygen atoms in total. The van der Waals surface area contributed by atoms with Gasteiger partial charge >= 0.3 is 0 Å². The first-order valence-corrected chi connectivity index (χ1v) is 11.7. The second-order valence-corrected chi connectivity index (χ2v) is 9.36. The molecule has 1 fully saturated rings. The number of aliphatic hydroxyl groups excluding tert-OH is 1. The van der Waals surface area contributed by atoms with Crippen molar-refractivity contribution in [1.82, 2.24) is 16.0 Å². The molecule has 0 unspecified atom stereocenters. The molecule has 4 atom stereocenters. The van der Waals surface area contributed by atoms with E-state index >= 15 is 0 Å². The van der Waals surface area contributed by atoms with E-state index in [0.29, 0.717) is 19.4 Å². The summed E-state index contributed by atoms with van der Waals surface area (Å²) in [7, 11) is 0. The molecule has 0 aromatic rings. The predicted octanol–water partition coefficient (Wildman–Crippen LogP) is -0.864. The standard InChI is InChI=1S/C23H38N4O7/c1-13(2)8-15(23(34)26-11-14(3)28)9-20(31)17(4-6-21(24)32)27-22(33)7-5-19(30)18-10-16(29)12-25-18/h13,15-18,25,29H,4-12H2,1-3H3,(H2,24,32)(H,26,34)(H,27,33)/t15-,16-,17-,18+/m1/s1. The predicted molar refractivity (Wildman–Crippen MR) is 123 cm³/mol. The van der Waals surface area contributed by atoms with Crippen molar-refractivity contribution in [2.45, 2.75) is 83.9 Å². The van der Waals surface area contributed by atoms with Gasteiger partial charge in [0.15, 0.2) is 5.78 Å². The van der Waals surface area contributed by atoms with Gasteiger partial charge in [-0.15, -0.1) is 0 Å². The van der Waals surface area contributed by atoms with E-state index in [0.717, 1.165) is 0 Å². The van der Waals surface area contributed by atoms with Crippen LogP contribution in [0.15, 0.2) is 0 Å². The number of ketones is 3. The maximum absolute atomic E-state index is 13.0. The van der Waals surface area contributed by atoms with Crippen LogP contribution in [0.25, 0.3) is 0 Å². The fraction of sp³-hybridized carbons (Fsp3) is 0.739. The Balaban J connectivity index is 2.76. The Labute approximate surface area is 200 Å². The first-order valence-electron chi connectivity index (χ1n) is 11.7. The van der Waals surface area contributed by atoms with E-state index in [4.69, 9.17) is 5.73 Å². The molecule has 0 radical (unpaired) electrons. The lowest BCUT2D eigenvalue weighted by molar-refractivity contribution is -0.133. The van der Waals surface area contributed by atoms with Crippen molar-refractivity contribution in [2.75, 3.05) is 13.1 Å². The van der Waals surface area contributed by atoms with Crippen molar-refractivity contribution in [3.63, 3.8) is 0 Å². The normalized spacial score (nSPS) is 19.3. The average molecular weight is 483 g/mol. The van der Waals surface area contributed by atoms with E-state index in [9.17, 15) is 33.9 Å². The van der Waals surface area contributed by atoms with E-state index in [1.807, 2.05) is 13.8 Å². The van der Waals surface area contributed by atoms with Gasteiger partial charge < -0.3 is 26.8 Å². The highest BCUT2D eigenvalue weighted by atomic mass is 16.3. The minimum atomic E-state index is -1.03. The molecular weight excluding hydrogens is 444 g/mol. The van der Waals surface area contributed by atoms with Crippen LogP contribution in [0, 0.1) is 11.8 Å². The van der Waals surface area contributed by atoms with Crippen molar-refractivity contribution < 1.29 is 33.9 Å². The summed E-state index contributed by atoms with van der Waals surface area (Å²) in [5.41, 5.74) is 5.20. The third kappa shape index (κ3) is 11.5. The molecule has 0 aromatic heterocycles. The molecule has 1 heterocycles. The van der Waals surface area contributed by atoms with Crippen LogP contribution in [-0.4, -0.2) is 71.5 Å². The van der Waals surface area contributed by atoms with Crippen molar-refractivity contribution in [3.05, 3.63) is 0 Å². The van der Waals surface area contributed by atoms with Crippen LogP contribution in [0.5, 0.6) is 0 Å². The lowest BCUT2D eigenvalue weighted by Gasteiger charge is -2.22. The molecule has 0 saturated carbocycles. The molecule has 0 aromatic carbocycles. The molecule has 0 spiro atoms.